The Balaban J connectivity index is 4.28. The Morgan fingerprint density at radius 2 is 1.16 bits per heavy atom. The molecule has 7 nitrogen and oxygen atoms in total. The number of ether oxygens (including phenoxy) is 2. The minimum absolute atomic E-state index is 0.0271. The Bertz CT molecular complexity index is 557. The van der Waals surface area contributed by atoms with E-state index < -0.39 is 5.41 Å². The smallest absolute Gasteiger partial charge is 0.225 e. The Kier molecular flexibility index (Phi) is 12.3. The summed E-state index contributed by atoms with van der Waals surface area (Å²) in [5.41, 5.74) is -1.11. The van der Waals surface area contributed by atoms with Crippen molar-refractivity contribution in [1.29, 1.82) is 0 Å². The Hall–Kier alpha value is -1.18. The number of carbonyl (C=O) groups excluding carboxylic acids is 2. The van der Waals surface area contributed by atoms with Crippen LogP contribution in [0.1, 0.15) is 88.0 Å². The Morgan fingerprint density at radius 1 is 0.710 bits per heavy atom. The summed E-state index contributed by atoms with van der Waals surface area (Å²) in [5.74, 6) is -0.0109. The van der Waals surface area contributed by atoms with E-state index in [9.17, 15) is 9.59 Å². The topological polar surface area (TPSA) is 88.7 Å². The van der Waals surface area contributed by atoms with Crippen molar-refractivity contribution in [3.05, 3.63) is 0 Å². The number of amides is 2. The summed E-state index contributed by atoms with van der Waals surface area (Å²) in [7, 11) is 1.96. The maximum absolute atomic E-state index is 12.7. The molecule has 7 heteroatoms. The first-order valence-corrected chi connectivity index (χ1v) is 11.5. The zero-order valence-electron chi connectivity index (χ0n) is 21.8. The number of rotatable bonds is 16. The van der Waals surface area contributed by atoms with Gasteiger partial charge in [-0.1, -0.05) is 13.8 Å². The summed E-state index contributed by atoms with van der Waals surface area (Å²) in [6.45, 7) is 20.1. The van der Waals surface area contributed by atoms with Gasteiger partial charge in [-0.2, -0.15) is 0 Å². The molecule has 184 valence electrons. The Morgan fingerprint density at radius 3 is 1.61 bits per heavy atom. The fraction of sp³-hybridized carbons (Fsp3) is 0.917. The molecule has 0 aromatic rings. The highest BCUT2D eigenvalue weighted by molar-refractivity contribution is 5.81. The summed E-state index contributed by atoms with van der Waals surface area (Å²) < 4.78 is 12.0. The molecule has 31 heavy (non-hydrogen) atoms. The molecule has 2 amide bonds. The average molecular weight is 444 g/mol. The number of nitrogens with one attached hydrogen (secondary N) is 3. The fourth-order valence-electron chi connectivity index (χ4n) is 2.80. The van der Waals surface area contributed by atoms with Crippen molar-refractivity contribution in [2.24, 2.45) is 5.41 Å². The normalized spacial score (nSPS) is 13.2. The molecule has 0 aliphatic heterocycles. The van der Waals surface area contributed by atoms with Crippen LogP contribution in [0.3, 0.4) is 0 Å². The van der Waals surface area contributed by atoms with E-state index in [4.69, 9.17) is 9.47 Å². The number of hydrogen-bond acceptors (Lipinski definition) is 5. The van der Waals surface area contributed by atoms with Crippen molar-refractivity contribution in [1.82, 2.24) is 16.0 Å². The second-order valence-corrected chi connectivity index (χ2v) is 11.0. The lowest BCUT2D eigenvalue weighted by atomic mass is 9.88. The van der Waals surface area contributed by atoms with Crippen molar-refractivity contribution in [3.8, 4) is 0 Å². The van der Waals surface area contributed by atoms with Crippen molar-refractivity contribution in [2.75, 3.05) is 33.4 Å². The molecule has 0 aromatic heterocycles. The SMILES string of the molecule is CNC(C)(C)CCOC(C)(C)CCNC(=O)C(C)(C)CCOC(C)(C)CCNC(C)=O. The highest BCUT2D eigenvalue weighted by Crippen LogP contribution is 2.23. The Labute approximate surface area is 190 Å². The molecule has 0 heterocycles. The molecule has 0 radical (unpaired) electrons. The molecule has 0 rings (SSSR count). The third-order valence-corrected chi connectivity index (χ3v) is 5.84. The third kappa shape index (κ3) is 14.5. The van der Waals surface area contributed by atoms with E-state index in [-0.39, 0.29) is 28.6 Å². The predicted octanol–water partition coefficient (Wildman–Crippen LogP) is 3.41. The summed E-state index contributed by atoms with van der Waals surface area (Å²) >= 11 is 0. The van der Waals surface area contributed by atoms with E-state index in [1.54, 1.807) is 0 Å². The molecule has 0 fully saturated rings. The number of hydrogen-bond donors (Lipinski definition) is 3. The predicted molar refractivity (Wildman–Crippen MR) is 127 cm³/mol. The molecule has 0 atom stereocenters. The van der Waals surface area contributed by atoms with Gasteiger partial charge in [0.05, 0.1) is 11.2 Å². The van der Waals surface area contributed by atoms with Gasteiger partial charge in [0.15, 0.2) is 0 Å². The van der Waals surface area contributed by atoms with Gasteiger partial charge in [-0.15, -0.1) is 0 Å². The second kappa shape index (κ2) is 12.8. The summed E-state index contributed by atoms with van der Waals surface area (Å²) in [6.07, 6.45) is 3.02. The van der Waals surface area contributed by atoms with Gasteiger partial charge in [0, 0.05) is 44.2 Å². The van der Waals surface area contributed by atoms with Gasteiger partial charge in [0.2, 0.25) is 11.8 Å². The molecule has 0 saturated heterocycles. The van der Waals surface area contributed by atoms with Gasteiger partial charge >= 0.3 is 0 Å². The lowest BCUT2D eigenvalue weighted by molar-refractivity contribution is -0.131. The van der Waals surface area contributed by atoms with Crippen LogP contribution in [-0.4, -0.2) is 61.9 Å². The van der Waals surface area contributed by atoms with Gasteiger partial charge < -0.3 is 25.4 Å². The van der Waals surface area contributed by atoms with E-state index in [1.165, 1.54) is 6.92 Å². The lowest BCUT2D eigenvalue weighted by Crippen LogP contribution is -2.41. The maximum Gasteiger partial charge on any atom is 0.225 e. The zero-order chi connectivity index (χ0) is 24.3. The average Bonchev–Trinajstić information content (AvgIpc) is 2.60. The highest BCUT2D eigenvalue weighted by Gasteiger charge is 2.29. The second-order valence-electron chi connectivity index (χ2n) is 11.0. The molecule has 0 aromatic carbocycles. The van der Waals surface area contributed by atoms with E-state index in [1.807, 2.05) is 34.7 Å². The van der Waals surface area contributed by atoms with Crippen molar-refractivity contribution >= 4 is 11.8 Å². The largest absolute Gasteiger partial charge is 0.375 e. The quantitative estimate of drug-likeness (QED) is 0.340. The van der Waals surface area contributed by atoms with Crippen LogP contribution < -0.4 is 16.0 Å². The van der Waals surface area contributed by atoms with Gasteiger partial charge in [-0.25, -0.2) is 0 Å². The molecule has 0 aliphatic carbocycles. The number of carbonyl (C=O) groups is 2. The van der Waals surface area contributed by atoms with Crippen molar-refractivity contribution in [2.45, 2.75) is 105 Å². The maximum atomic E-state index is 12.7. The molecule has 0 unspecified atom stereocenters. The summed E-state index contributed by atoms with van der Waals surface area (Å²) in [6, 6.07) is 0. The first-order valence-electron chi connectivity index (χ1n) is 11.5. The molecule has 0 bridgehead atoms. The van der Waals surface area contributed by atoms with E-state index in [0.29, 0.717) is 32.7 Å². The van der Waals surface area contributed by atoms with Crippen LogP contribution in [0.2, 0.25) is 0 Å². The minimum atomic E-state index is -0.518. The molecular weight excluding hydrogens is 394 g/mol. The van der Waals surface area contributed by atoms with E-state index in [0.717, 1.165) is 19.3 Å². The van der Waals surface area contributed by atoms with Gasteiger partial charge in [-0.3, -0.25) is 9.59 Å². The first-order chi connectivity index (χ1) is 14.0. The lowest BCUT2D eigenvalue weighted by Gasteiger charge is -2.31. The molecule has 3 N–H and O–H groups in total. The van der Waals surface area contributed by atoms with Crippen LogP contribution >= 0.6 is 0 Å². The van der Waals surface area contributed by atoms with Crippen LogP contribution in [0.25, 0.3) is 0 Å². The summed E-state index contributed by atoms with van der Waals surface area (Å²) in [5, 5.41) is 9.12. The first kappa shape index (κ1) is 29.8. The summed E-state index contributed by atoms with van der Waals surface area (Å²) in [4.78, 5) is 23.7. The highest BCUT2D eigenvalue weighted by atomic mass is 16.5. The third-order valence-electron chi connectivity index (χ3n) is 5.84. The monoisotopic (exact) mass is 443 g/mol. The standard InChI is InChI=1S/C24H49N3O4/c1-19(28)26-15-11-23(6,7)30-17-13-21(2,3)20(29)27-16-12-24(8,9)31-18-14-22(4,5)25-10/h25H,11-18H2,1-10H3,(H,26,28)(H,27,29). The van der Waals surface area contributed by atoms with Crippen molar-refractivity contribution in [3.63, 3.8) is 0 Å². The molecular formula is C24H49N3O4. The van der Waals surface area contributed by atoms with Crippen molar-refractivity contribution < 1.29 is 19.1 Å². The fourth-order valence-corrected chi connectivity index (χ4v) is 2.80. The minimum Gasteiger partial charge on any atom is -0.375 e. The van der Waals surface area contributed by atoms with Gasteiger partial charge in [0.25, 0.3) is 0 Å². The molecule has 0 saturated carbocycles. The van der Waals surface area contributed by atoms with Gasteiger partial charge in [-0.05, 0) is 74.3 Å². The van der Waals surface area contributed by atoms with Gasteiger partial charge in [0.1, 0.15) is 0 Å². The van der Waals surface area contributed by atoms with Crippen LogP contribution in [0.15, 0.2) is 0 Å². The van der Waals surface area contributed by atoms with Crippen LogP contribution in [-0.2, 0) is 19.1 Å². The molecule has 0 aliphatic rings. The van der Waals surface area contributed by atoms with Crippen LogP contribution in [0.5, 0.6) is 0 Å². The van der Waals surface area contributed by atoms with Crippen LogP contribution in [0.4, 0.5) is 0 Å². The van der Waals surface area contributed by atoms with Crippen LogP contribution in [0, 0.1) is 5.41 Å². The zero-order valence-corrected chi connectivity index (χ0v) is 21.8. The van der Waals surface area contributed by atoms with E-state index >= 15 is 0 Å². The molecule has 0 spiro atoms. The van der Waals surface area contributed by atoms with E-state index in [2.05, 4.69) is 43.6 Å².